The minimum atomic E-state index is -1.07. The lowest BCUT2D eigenvalue weighted by atomic mass is 9.94. The van der Waals surface area contributed by atoms with Gasteiger partial charge < -0.3 is 28.6 Å². The molecule has 192 valence electrons. The van der Waals surface area contributed by atoms with Crippen molar-refractivity contribution in [2.45, 2.75) is 13.0 Å². The summed E-state index contributed by atoms with van der Waals surface area (Å²) in [7, 11) is 4.37. The molecule has 3 aromatic rings. The van der Waals surface area contributed by atoms with Gasteiger partial charge in [-0.3, -0.25) is 14.5 Å². The van der Waals surface area contributed by atoms with Gasteiger partial charge in [0, 0.05) is 11.6 Å². The molecule has 0 unspecified atom stereocenters. The quantitative estimate of drug-likeness (QED) is 0.197. The number of ketones is 1. The molecular weight excluding hydrogens is 480 g/mol. The number of methoxy groups -OCH3 is 3. The SMILES string of the molecule is C=CCOc1ccc(/C(O)=C2\C(=O)C(=O)N(c3cc(C)on3)[C@@H]2c2cc(OC)c(OC)c(OC)c2)cc1. The highest BCUT2D eigenvalue weighted by atomic mass is 16.5. The van der Waals surface area contributed by atoms with Crippen molar-refractivity contribution in [1.29, 1.82) is 0 Å². The smallest absolute Gasteiger partial charge is 0.301 e. The first kappa shape index (κ1) is 25.4. The highest BCUT2D eigenvalue weighted by Gasteiger charge is 2.48. The minimum Gasteiger partial charge on any atom is -0.507 e. The lowest BCUT2D eigenvalue weighted by molar-refractivity contribution is -0.132. The first-order chi connectivity index (χ1) is 17.8. The van der Waals surface area contributed by atoms with Gasteiger partial charge in [0.15, 0.2) is 17.3 Å². The maximum absolute atomic E-state index is 13.3. The Kier molecular flexibility index (Phi) is 7.19. The third kappa shape index (κ3) is 4.61. The van der Waals surface area contributed by atoms with Crippen LogP contribution in [0, 0.1) is 6.92 Å². The number of carbonyl (C=O) groups is 2. The number of anilines is 1. The Hall–Kier alpha value is -4.73. The maximum Gasteiger partial charge on any atom is 0.301 e. The molecule has 10 heteroatoms. The lowest BCUT2D eigenvalue weighted by Crippen LogP contribution is -2.29. The summed E-state index contributed by atoms with van der Waals surface area (Å²) in [5.74, 6) is -0.0704. The molecule has 2 heterocycles. The second-order valence-electron chi connectivity index (χ2n) is 8.05. The molecule has 1 aliphatic rings. The van der Waals surface area contributed by atoms with E-state index < -0.39 is 17.7 Å². The lowest BCUT2D eigenvalue weighted by Gasteiger charge is -2.24. The van der Waals surface area contributed by atoms with E-state index in [2.05, 4.69) is 11.7 Å². The predicted octanol–water partition coefficient (Wildman–Crippen LogP) is 4.20. The highest BCUT2D eigenvalue weighted by Crippen LogP contribution is 2.47. The molecule has 4 rings (SSSR count). The number of hydrogen-bond donors (Lipinski definition) is 1. The van der Waals surface area contributed by atoms with E-state index >= 15 is 0 Å². The first-order valence-corrected chi connectivity index (χ1v) is 11.2. The molecule has 1 saturated heterocycles. The zero-order valence-electron chi connectivity index (χ0n) is 20.8. The molecule has 1 atom stereocenters. The van der Waals surface area contributed by atoms with Gasteiger partial charge in [0.05, 0.1) is 32.9 Å². The van der Waals surface area contributed by atoms with Crippen LogP contribution in [0.25, 0.3) is 5.76 Å². The average molecular weight is 507 g/mol. The topological polar surface area (TPSA) is 121 Å². The molecule has 0 bridgehead atoms. The third-order valence-corrected chi connectivity index (χ3v) is 5.81. The van der Waals surface area contributed by atoms with Gasteiger partial charge in [-0.1, -0.05) is 17.8 Å². The monoisotopic (exact) mass is 506 g/mol. The van der Waals surface area contributed by atoms with Gasteiger partial charge in [0.2, 0.25) is 5.75 Å². The van der Waals surface area contributed by atoms with Crippen LogP contribution >= 0.6 is 0 Å². The van der Waals surface area contributed by atoms with E-state index in [1.165, 1.54) is 32.3 Å². The predicted molar refractivity (Wildman–Crippen MR) is 134 cm³/mol. The fourth-order valence-electron chi connectivity index (χ4n) is 4.13. The van der Waals surface area contributed by atoms with E-state index in [4.69, 9.17) is 23.5 Å². The second kappa shape index (κ2) is 10.5. The van der Waals surface area contributed by atoms with Gasteiger partial charge in [-0.05, 0) is 48.9 Å². The Morgan fingerprint density at radius 3 is 2.24 bits per heavy atom. The summed E-state index contributed by atoms with van der Waals surface area (Å²) in [4.78, 5) is 27.8. The van der Waals surface area contributed by atoms with E-state index in [1.807, 2.05) is 0 Å². The van der Waals surface area contributed by atoms with Crippen molar-refractivity contribution in [3.8, 4) is 23.0 Å². The number of carbonyl (C=O) groups excluding carboxylic acids is 2. The van der Waals surface area contributed by atoms with Crippen molar-refractivity contribution < 1.29 is 38.2 Å². The summed E-state index contributed by atoms with van der Waals surface area (Å²) in [6.45, 7) is 5.59. The molecule has 1 N–H and O–H groups in total. The number of Topliss-reactive ketones (excluding diaryl/α,β-unsaturated/α-hetero) is 1. The van der Waals surface area contributed by atoms with Crippen LogP contribution in [0.5, 0.6) is 23.0 Å². The van der Waals surface area contributed by atoms with Gasteiger partial charge >= 0.3 is 5.91 Å². The largest absolute Gasteiger partial charge is 0.507 e. The van der Waals surface area contributed by atoms with Gasteiger partial charge in [-0.15, -0.1) is 0 Å². The van der Waals surface area contributed by atoms with Crippen molar-refractivity contribution in [1.82, 2.24) is 5.16 Å². The Labute approximate surface area is 213 Å². The van der Waals surface area contributed by atoms with E-state index in [-0.39, 0.29) is 17.2 Å². The Morgan fingerprint density at radius 2 is 1.73 bits per heavy atom. The molecule has 10 nitrogen and oxygen atoms in total. The molecule has 2 aromatic carbocycles. The number of aryl methyl sites for hydroxylation is 1. The summed E-state index contributed by atoms with van der Waals surface area (Å²) in [6, 6.07) is 10.1. The summed E-state index contributed by atoms with van der Waals surface area (Å²) < 4.78 is 27.0. The van der Waals surface area contributed by atoms with Crippen LogP contribution in [-0.2, 0) is 9.59 Å². The van der Waals surface area contributed by atoms with Gasteiger partial charge in [-0.25, -0.2) is 0 Å². The fourth-order valence-corrected chi connectivity index (χ4v) is 4.13. The number of aliphatic hydroxyl groups is 1. The molecule has 0 saturated carbocycles. The molecule has 1 fully saturated rings. The van der Waals surface area contributed by atoms with E-state index in [9.17, 15) is 14.7 Å². The molecule has 1 aromatic heterocycles. The molecule has 1 amide bonds. The van der Waals surface area contributed by atoms with Crippen molar-refractivity contribution in [2.75, 3.05) is 32.8 Å². The Morgan fingerprint density at radius 1 is 1.08 bits per heavy atom. The standard InChI is InChI=1S/C27H26N2O8/c1-6-11-36-18-9-7-16(8-10-18)24(30)22-23(17-13-19(33-3)26(35-5)20(14-17)34-4)29(27(32)25(22)31)21-12-15(2)37-28-21/h6-10,12-14,23,30H,1,11H2,2-5H3/b24-22+/t23-/m1/s1. The molecule has 0 radical (unpaired) electrons. The van der Waals surface area contributed by atoms with E-state index in [0.717, 1.165) is 0 Å². The van der Waals surface area contributed by atoms with E-state index in [0.29, 0.717) is 46.5 Å². The number of aromatic nitrogens is 1. The zero-order valence-corrected chi connectivity index (χ0v) is 20.8. The third-order valence-electron chi connectivity index (χ3n) is 5.81. The molecule has 37 heavy (non-hydrogen) atoms. The van der Waals surface area contributed by atoms with Crippen LogP contribution in [0.1, 0.15) is 22.9 Å². The first-order valence-electron chi connectivity index (χ1n) is 11.2. The number of nitrogens with zero attached hydrogens (tertiary/aromatic N) is 2. The minimum absolute atomic E-state index is 0.116. The molecular formula is C27H26N2O8. The van der Waals surface area contributed by atoms with Crippen molar-refractivity contribution >= 4 is 23.3 Å². The number of rotatable bonds is 9. The number of aliphatic hydroxyl groups excluding tert-OH is 1. The summed E-state index contributed by atoms with van der Waals surface area (Å²) in [5.41, 5.74) is 0.597. The van der Waals surface area contributed by atoms with Crippen LogP contribution < -0.4 is 23.8 Å². The average Bonchev–Trinajstić information content (AvgIpc) is 3.46. The number of amides is 1. The molecule has 0 spiro atoms. The van der Waals surface area contributed by atoms with Crippen LogP contribution in [-0.4, -0.2) is 49.9 Å². The normalized spacial score (nSPS) is 16.5. The van der Waals surface area contributed by atoms with Crippen LogP contribution in [0.2, 0.25) is 0 Å². The maximum atomic E-state index is 13.3. The van der Waals surface area contributed by atoms with Crippen molar-refractivity contribution in [2.24, 2.45) is 0 Å². The summed E-state index contributed by atoms with van der Waals surface area (Å²) >= 11 is 0. The van der Waals surface area contributed by atoms with Crippen LogP contribution in [0.15, 0.2) is 65.2 Å². The zero-order chi connectivity index (χ0) is 26.7. The number of benzene rings is 2. The fraction of sp³-hybridized carbons (Fsp3) is 0.222. The second-order valence-corrected chi connectivity index (χ2v) is 8.05. The van der Waals surface area contributed by atoms with Gasteiger partial charge in [0.1, 0.15) is 23.9 Å². The van der Waals surface area contributed by atoms with E-state index in [1.54, 1.807) is 49.4 Å². The molecule has 0 aliphatic carbocycles. The Bertz CT molecular complexity index is 1350. The van der Waals surface area contributed by atoms with Gasteiger partial charge in [0.25, 0.3) is 5.78 Å². The van der Waals surface area contributed by atoms with Crippen LogP contribution in [0.4, 0.5) is 5.82 Å². The number of ether oxygens (including phenoxy) is 4. The molecule has 1 aliphatic heterocycles. The van der Waals surface area contributed by atoms with Crippen LogP contribution in [0.3, 0.4) is 0 Å². The van der Waals surface area contributed by atoms with Crippen molar-refractivity contribution in [3.63, 3.8) is 0 Å². The summed E-state index contributed by atoms with van der Waals surface area (Å²) in [6.07, 6.45) is 1.61. The Balaban J connectivity index is 1.93. The van der Waals surface area contributed by atoms with Gasteiger partial charge in [-0.2, -0.15) is 0 Å². The number of hydrogen-bond acceptors (Lipinski definition) is 9. The highest BCUT2D eigenvalue weighted by molar-refractivity contribution is 6.51. The summed E-state index contributed by atoms with van der Waals surface area (Å²) in [5, 5.41) is 15.3. The van der Waals surface area contributed by atoms with Crippen molar-refractivity contribution in [3.05, 3.63) is 77.6 Å².